The molecule has 21 heavy (non-hydrogen) atoms. The Morgan fingerprint density at radius 1 is 1.19 bits per heavy atom. The van der Waals surface area contributed by atoms with Gasteiger partial charge in [0.1, 0.15) is 23.1 Å². The highest BCUT2D eigenvalue weighted by Crippen LogP contribution is 2.41. The molecule has 5 heteroatoms. The SMILES string of the molecule is CC1=C(C#N)C(=O)C(C(C)(C)C)C(O)=C1/N=N/C(C)(C)C. The van der Waals surface area contributed by atoms with E-state index in [4.69, 9.17) is 0 Å². The van der Waals surface area contributed by atoms with Crippen LogP contribution >= 0.6 is 0 Å². The summed E-state index contributed by atoms with van der Waals surface area (Å²) < 4.78 is 0. The Balaban J connectivity index is 3.52. The Bertz CT molecular complexity index is 590. The predicted molar refractivity (Wildman–Crippen MR) is 80.5 cm³/mol. The van der Waals surface area contributed by atoms with Crippen LogP contribution in [0.5, 0.6) is 0 Å². The molecule has 0 aliphatic heterocycles. The Labute approximate surface area is 126 Å². The Kier molecular flexibility index (Phi) is 4.43. The number of ketones is 1. The van der Waals surface area contributed by atoms with Gasteiger partial charge >= 0.3 is 0 Å². The summed E-state index contributed by atoms with van der Waals surface area (Å²) in [5.74, 6) is -1.23. The highest BCUT2D eigenvalue weighted by atomic mass is 16.3. The minimum Gasteiger partial charge on any atom is -0.509 e. The molecule has 1 aliphatic rings. The van der Waals surface area contributed by atoms with Crippen molar-refractivity contribution < 1.29 is 9.90 Å². The quantitative estimate of drug-likeness (QED) is 0.737. The van der Waals surface area contributed by atoms with E-state index in [9.17, 15) is 15.2 Å². The Morgan fingerprint density at radius 2 is 1.71 bits per heavy atom. The molecule has 0 fully saturated rings. The van der Waals surface area contributed by atoms with Crippen LogP contribution in [0.25, 0.3) is 0 Å². The molecule has 0 saturated heterocycles. The van der Waals surface area contributed by atoms with Gasteiger partial charge in [-0.25, -0.2) is 0 Å². The fourth-order valence-electron chi connectivity index (χ4n) is 2.17. The lowest BCUT2D eigenvalue weighted by Gasteiger charge is -2.32. The second kappa shape index (κ2) is 5.44. The molecular formula is C16H23N3O2. The highest BCUT2D eigenvalue weighted by molar-refractivity contribution is 6.05. The summed E-state index contributed by atoms with van der Waals surface area (Å²) in [5, 5.41) is 28.0. The van der Waals surface area contributed by atoms with Crippen LogP contribution in [0.3, 0.4) is 0 Å². The van der Waals surface area contributed by atoms with Crippen LogP contribution in [-0.2, 0) is 4.79 Å². The fraction of sp³-hybridized carbons (Fsp3) is 0.625. The van der Waals surface area contributed by atoms with Crippen LogP contribution in [-0.4, -0.2) is 16.4 Å². The number of aliphatic hydroxyl groups excluding tert-OH is 1. The summed E-state index contributed by atoms with van der Waals surface area (Å²) in [4.78, 5) is 12.4. The third-order valence-electron chi connectivity index (χ3n) is 3.18. The molecule has 0 spiro atoms. The van der Waals surface area contributed by atoms with Gasteiger partial charge in [0.2, 0.25) is 0 Å². The van der Waals surface area contributed by atoms with Crippen LogP contribution < -0.4 is 0 Å². The monoisotopic (exact) mass is 289 g/mol. The van der Waals surface area contributed by atoms with Gasteiger partial charge in [-0.05, 0) is 33.1 Å². The number of hydrogen-bond acceptors (Lipinski definition) is 5. The van der Waals surface area contributed by atoms with Gasteiger partial charge in [0.25, 0.3) is 0 Å². The molecule has 0 aromatic rings. The van der Waals surface area contributed by atoms with Crippen molar-refractivity contribution in [2.45, 2.75) is 54.0 Å². The molecule has 0 heterocycles. The largest absolute Gasteiger partial charge is 0.509 e. The van der Waals surface area contributed by atoms with E-state index in [1.165, 1.54) is 0 Å². The van der Waals surface area contributed by atoms with E-state index >= 15 is 0 Å². The molecule has 0 saturated carbocycles. The summed E-state index contributed by atoms with van der Waals surface area (Å²) in [6.07, 6.45) is 0. The smallest absolute Gasteiger partial charge is 0.184 e. The van der Waals surface area contributed by atoms with Crippen molar-refractivity contribution in [3.63, 3.8) is 0 Å². The maximum absolute atomic E-state index is 12.4. The van der Waals surface area contributed by atoms with Crippen LogP contribution in [0.15, 0.2) is 32.8 Å². The highest BCUT2D eigenvalue weighted by Gasteiger charge is 2.42. The maximum atomic E-state index is 12.4. The third-order valence-corrected chi connectivity index (χ3v) is 3.18. The zero-order valence-electron chi connectivity index (χ0n) is 13.8. The van der Waals surface area contributed by atoms with Crippen molar-refractivity contribution in [3.05, 3.63) is 22.6 Å². The number of rotatable bonds is 1. The molecule has 1 rings (SSSR count). The molecule has 1 aliphatic carbocycles. The van der Waals surface area contributed by atoms with Crippen molar-refractivity contribution in [1.82, 2.24) is 0 Å². The van der Waals surface area contributed by atoms with E-state index in [1.54, 1.807) is 6.92 Å². The molecule has 0 aromatic carbocycles. The number of allylic oxidation sites excluding steroid dienone is 3. The molecule has 1 atom stereocenters. The summed E-state index contributed by atoms with van der Waals surface area (Å²) in [7, 11) is 0. The second-order valence-electron chi connectivity index (χ2n) is 7.38. The first-order valence-corrected chi connectivity index (χ1v) is 6.91. The lowest BCUT2D eigenvalue weighted by molar-refractivity contribution is -0.121. The average Bonchev–Trinajstić information content (AvgIpc) is 2.25. The van der Waals surface area contributed by atoms with E-state index in [0.717, 1.165) is 0 Å². The minimum absolute atomic E-state index is 0.0515. The number of nitriles is 1. The van der Waals surface area contributed by atoms with E-state index in [-0.39, 0.29) is 22.8 Å². The Morgan fingerprint density at radius 3 is 2.10 bits per heavy atom. The zero-order valence-corrected chi connectivity index (χ0v) is 13.8. The first kappa shape index (κ1) is 17.1. The van der Waals surface area contributed by atoms with E-state index in [2.05, 4.69) is 10.2 Å². The molecule has 0 amide bonds. The topological polar surface area (TPSA) is 85.8 Å². The molecule has 5 nitrogen and oxygen atoms in total. The second-order valence-corrected chi connectivity index (χ2v) is 7.38. The average molecular weight is 289 g/mol. The summed E-state index contributed by atoms with van der Waals surface area (Å²) in [5.41, 5.74) is -0.240. The molecule has 0 bridgehead atoms. The van der Waals surface area contributed by atoms with Gasteiger partial charge in [-0.2, -0.15) is 15.5 Å². The number of azo groups is 1. The van der Waals surface area contributed by atoms with Gasteiger partial charge in [-0.1, -0.05) is 20.8 Å². The number of carbonyl (C=O) groups is 1. The minimum atomic E-state index is -0.773. The zero-order chi connectivity index (χ0) is 16.6. The van der Waals surface area contributed by atoms with Gasteiger partial charge in [-0.15, -0.1) is 0 Å². The first-order chi connectivity index (χ1) is 9.40. The molecular weight excluding hydrogens is 266 g/mol. The van der Waals surface area contributed by atoms with Gasteiger partial charge in [0.15, 0.2) is 5.78 Å². The molecule has 114 valence electrons. The van der Waals surface area contributed by atoms with Crippen LogP contribution in [0, 0.1) is 22.7 Å². The van der Waals surface area contributed by atoms with Gasteiger partial charge < -0.3 is 5.11 Å². The molecule has 0 aromatic heterocycles. The standard InChI is InChI=1S/C16H23N3O2/c1-9-10(8-17)13(20)11(15(2,3)4)14(21)12(9)18-19-16(5,6)7/h11,21H,1-7H3/b19-18+. The predicted octanol–water partition coefficient (Wildman–Crippen LogP) is 4.09. The van der Waals surface area contributed by atoms with E-state index in [1.807, 2.05) is 47.6 Å². The first-order valence-electron chi connectivity index (χ1n) is 6.91. The van der Waals surface area contributed by atoms with Crippen molar-refractivity contribution >= 4 is 5.78 Å². The van der Waals surface area contributed by atoms with Crippen molar-refractivity contribution in [2.75, 3.05) is 0 Å². The van der Waals surface area contributed by atoms with Gasteiger partial charge in [0, 0.05) is 5.57 Å². The number of hydrogen-bond donors (Lipinski definition) is 1. The molecule has 0 radical (unpaired) electrons. The number of aliphatic hydroxyl groups is 1. The number of Topliss-reactive ketones (excluding diaryl/α,β-unsaturated/α-hetero) is 1. The summed E-state index contributed by atoms with van der Waals surface area (Å²) in [6, 6.07) is 1.94. The Hall–Kier alpha value is -1.96. The van der Waals surface area contributed by atoms with Crippen molar-refractivity contribution in [3.8, 4) is 6.07 Å². The lowest BCUT2D eigenvalue weighted by Crippen LogP contribution is -2.35. The maximum Gasteiger partial charge on any atom is 0.184 e. The van der Waals surface area contributed by atoms with Crippen LogP contribution in [0.2, 0.25) is 0 Å². The van der Waals surface area contributed by atoms with Crippen molar-refractivity contribution in [2.24, 2.45) is 21.6 Å². The normalized spacial score (nSPS) is 21.2. The summed E-state index contributed by atoms with van der Waals surface area (Å²) >= 11 is 0. The van der Waals surface area contributed by atoms with Crippen LogP contribution in [0.4, 0.5) is 0 Å². The van der Waals surface area contributed by atoms with Crippen LogP contribution in [0.1, 0.15) is 48.5 Å². The molecule has 1 N–H and O–H groups in total. The van der Waals surface area contributed by atoms with E-state index in [0.29, 0.717) is 5.57 Å². The number of carbonyl (C=O) groups excluding carboxylic acids is 1. The van der Waals surface area contributed by atoms with Crippen molar-refractivity contribution in [1.29, 1.82) is 5.26 Å². The number of nitrogens with zero attached hydrogens (tertiary/aromatic N) is 3. The third kappa shape index (κ3) is 3.57. The van der Waals surface area contributed by atoms with E-state index < -0.39 is 16.9 Å². The fourth-order valence-corrected chi connectivity index (χ4v) is 2.17. The van der Waals surface area contributed by atoms with Gasteiger partial charge in [0.05, 0.1) is 11.5 Å². The molecule has 1 unspecified atom stereocenters. The summed E-state index contributed by atoms with van der Waals surface area (Å²) in [6.45, 7) is 12.8. The van der Waals surface area contributed by atoms with Gasteiger partial charge in [-0.3, -0.25) is 4.79 Å². The lowest BCUT2D eigenvalue weighted by atomic mass is 9.71.